The number of benzene rings is 1. The number of nitrogens with zero attached hydrogens (tertiary/aromatic N) is 1. The number of hydrogen-bond acceptors (Lipinski definition) is 2. The van der Waals surface area contributed by atoms with Gasteiger partial charge in [-0.15, -0.1) is 11.6 Å². The van der Waals surface area contributed by atoms with Crippen molar-refractivity contribution in [2.45, 2.75) is 26.9 Å². The highest BCUT2D eigenvalue weighted by atomic mass is 35.5. The summed E-state index contributed by atoms with van der Waals surface area (Å²) in [5.74, 6) is -0.725. The molecule has 0 unspecified atom stereocenters. The van der Waals surface area contributed by atoms with Crippen molar-refractivity contribution >= 4 is 23.2 Å². The van der Waals surface area contributed by atoms with E-state index in [-0.39, 0.29) is 18.2 Å². The van der Waals surface area contributed by atoms with Gasteiger partial charge < -0.3 is 4.74 Å². The fourth-order valence-corrected chi connectivity index (χ4v) is 2.22. The van der Waals surface area contributed by atoms with E-state index < -0.39 is 17.6 Å². The van der Waals surface area contributed by atoms with E-state index in [2.05, 4.69) is 0 Å². The molecule has 23 heavy (non-hydrogen) atoms. The predicted octanol–water partition coefficient (Wildman–Crippen LogP) is 4.52. The van der Waals surface area contributed by atoms with Crippen LogP contribution in [0.15, 0.2) is 29.8 Å². The van der Waals surface area contributed by atoms with E-state index in [1.807, 2.05) is 0 Å². The van der Waals surface area contributed by atoms with Gasteiger partial charge in [0.25, 0.3) is 0 Å². The third kappa shape index (κ3) is 5.25. The van der Waals surface area contributed by atoms with Gasteiger partial charge in [0, 0.05) is 6.61 Å². The molecule has 1 rings (SSSR count). The number of hydrogen-bond donors (Lipinski definition) is 0. The molecule has 0 aromatic heterocycles. The summed E-state index contributed by atoms with van der Waals surface area (Å²) in [6.07, 6.45) is -4.45. The Morgan fingerprint density at radius 1 is 1.30 bits per heavy atom. The fraction of sp³-hybridized carbons (Fsp3) is 0.438. The molecule has 0 N–H and O–H groups in total. The van der Waals surface area contributed by atoms with E-state index in [0.29, 0.717) is 17.9 Å². The molecule has 0 radical (unpaired) electrons. The Balaban J connectivity index is 3.35. The lowest BCUT2D eigenvalue weighted by molar-refractivity contribution is -0.137. The van der Waals surface area contributed by atoms with Gasteiger partial charge in [0.15, 0.2) is 0 Å². The topological polar surface area (TPSA) is 29.5 Å². The van der Waals surface area contributed by atoms with Gasteiger partial charge in [-0.2, -0.15) is 13.2 Å². The Kier molecular flexibility index (Phi) is 7.09. The standard InChI is InChI=1S/C16H19ClF3NO2/c1-4-23-10-21(14(22)9-17)15(11(2)3)12-6-5-7-13(8-12)16(18,19)20/h5-8H,4,9-10H2,1-3H3. The van der Waals surface area contributed by atoms with Crippen molar-refractivity contribution in [3.63, 3.8) is 0 Å². The first kappa shape index (κ1) is 19.5. The zero-order chi connectivity index (χ0) is 17.6. The zero-order valence-corrected chi connectivity index (χ0v) is 14.0. The second-order valence-electron chi connectivity index (χ2n) is 5.00. The minimum Gasteiger partial charge on any atom is -0.361 e. The molecule has 0 aliphatic heterocycles. The van der Waals surface area contributed by atoms with Crippen molar-refractivity contribution < 1.29 is 22.7 Å². The largest absolute Gasteiger partial charge is 0.416 e. The molecule has 0 saturated heterocycles. The van der Waals surface area contributed by atoms with Gasteiger partial charge in [-0.25, -0.2) is 0 Å². The molecule has 0 atom stereocenters. The summed E-state index contributed by atoms with van der Waals surface area (Å²) in [4.78, 5) is 13.3. The molecular formula is C16H19ClF3NO2. The van der Waals surface area contributed by atoms with Crippen molar-refractivity contribution in [1.29, 1.82) is 0 Å². The molecule has 1 aromatic rings. The molecule has 1 amide bonds. The molecule has 0 heterocycles. The summed E-state index contributed by atoms with van der Waals surface area (Å²) in [6.45, 7) is 5.49. The molecule has 0 fully saturated rings. The first-order valence-electron chi connectivity index (χ1n) is 7.01. The van der Waals surface area contributed by atoms with Crippen LogP contribution in [0.5, 0.6) is 0 Å². The van der Waals surface area contributed by atoms with Crippen LogP contribution in [0.4, 0.5) is 13.2 Å². The fourth-order valence-electron chi connectivity index (χ4n) is 2.07. The van der Waals surface area contributed by atoms with E-state index in [0.717, 1.165) is 12.1 Å². The van der Waals surface area contributed by atoms with Crippen LogP contribution in [0.1, 0.15) is 31.9 Å². The SMILES string of the molecule is CCOCN(C(=O)CCl)C(=C(C)C)c1cccc(C(F)(F)F)c1. The van der Waals surface area contributed by atoms with Crippen molar-refractivity contribution in [1.82, 2.24) is 4.90 Å². The number of amides is 1. The summed E-state index contributed by atoms with van der Waals surface area (Å²) in [5.41, 5.74) is 0.569. The van der Waals surface area contributed by atoms with Gasteiger partial charge in [-0.05, 0) is 38.5 Å². The second kappa shape index (κ2) is 8.36. The number of carbonyl (C=O) groups excluding carboxylic acids is 1. The van der Waals surface area contributed by atoms with Crippen LogP contribution in [0.3, 0.4) is 0 Å². The van der Waals surface area contributed by atoms with E-state index in [1.165, 1.54) is 17.0 Å². The van der Waals surface area contributed by atoms with Gasteiger partial charge in [0.2, 0.25) is 5.91 Å². The van der Waals surface area contributed by atoms with Crippen LogP contribution in [0, 0.1) is 0 Å². The van der Waals surface area contributed by atoms with Crippen LogP contribution < -0.4 is 0 Å². The lowest BCUT2D eigenvalue weighted by Gasteiger charge is -2.26. The minimum atomic E-state index is -4.45. The monoisotopic (exact) mass is 349 g/mol. The summed E-state index contributed by atoms with van der Waals surface area (Å²) in [7, 11) is 0. The molecule has 0 aliphatic carbocycles. The Morgan fingerprint density at radius 2 is 1.96 bits per heavy atom. The highest BCUT2D eigenvalue weighted by molar-refractivity contribution is 6.27. The van der Waals surface area contributed by atoms with E-state index >= 15 is 0 Å². The molecule has 0 saturated carbocycles. The Hall–Kier alpha value is -1.53. The average molecular weight is 350 g/mol. The van der Waals surface area contributed by atoms with Crippen molar-refractivity contribution in [2.75, 3.05) is 19.2 Å². The number of carbonyl (C=O) groups is 1. The smallest absolute Gasteiger partial charge is 0.361 e. The van der Waals surface area contributed by atoms with Crippen molar-refractivity contribution in [3.8, 4) is 0 Å². The first-order chi connectivity index (χ1) is 10.7. The Labute approximate surface area is 138 Å². The van der Waals surface area contributed by atoms with Gasteiger partial charge in [-0.3, -0.25) is 9.69 Å². The van der Waals surface area contributed by atoms with Gasteiger partial charge in [0.05, 0.1) is 11.3 Å². The van der Waals surface area contributed by atoms with Crippen molar-refractivity contribution in [2.24, 2.45) is 0 Å². The molecule has 0 aliphatic rings. The normalized spacial score (nSPS) is 11.3. The molecule has 128 valence electrons. The Morgan fingerprint density at radius 3 is 2.43 bits per heavy atom. The zero-order valence-electron chi connectivity index (χ0n) is 13.2. The number of halogens is 4. The first-order valence-corrected chi connectivity index (χ1v) is 7.55. The van der Waals surface area contributed by atoms with Crippen LogP contribution in [0.25, 0.3) is 5.70 Å². The number of ether oxygens (including phenoxy) is 1. The van der Waals surface area contributed by atoms with Crippen LogP contribution in [-0.2, 0) is 15.7 Å². The summed E-state index contributed by atoms with van der Waals surface area (Å²) >= 11 is 5.62. The number of alkyl halides is 4. The van der Waals surface area contributed by atoms with E-state index in [9.17, 15) is 18.0 Å². The summed E-state index contributed by atoms with van der Waals surface area (Å²) in [5, 5.41) is 0. The number of allylic oxidation sites excluding steroid dienone is 1. The highest BCUT2D eigenvalue weighted by Gasteiger charge is 2.31. The van der Waals surface area contributed by atoms with Crippen LogP contribution in [0.2, 0.25) is 0 Å². The number of rotatable bonds is 6. The van der Waals surface area contributed by atoms with Crippen LogP contribution in [-0.4, -0.2) is 30.0 Å². The molecular weight excluding hydrogens is 331 g/mol. The lowest BCUT2D eigenvalue weighted by Crippen LogP contribution is -2.33. The van der Waals surface area contributed by atoms with Crippen molar-refractivity contribution in [3.05, 3.63) is 41.0 Å². The maximum atomic E-state index is 12.9. The third-order valence-electron chi connectivity index (χ3n) is 3.05. The van der Waals surface area contributed by atoms with E-state index in [4.69, 9.17) is 16.3 Å². The van der Waals surface area contributed by atoms with Crippen LogP contribution >= 0.6 is 11.6 Å². The lowest BCUT2D eigenvalue weighted by atomic mass is 10.0. The molecule has 3 nitrogen and oxygen atoms in total. The molecule has 0 spiro atoms. The van der Waals surface area contributed by atoms with E-state index in [1.54, 1.807) is 20.8 Å². The average Bonchev–Trinajstić information content (AvgIpc) is 2.49. The minimum absolute atomic E-state index is 0.0706. The van der Waals surface area contributed by atoms with Gasteiger partial charge in [0.1, 0.15) is 12.6 Å². The molecule has 7 heteroatoms. The maximum absolute atomic E-state index is 12.9. The summed E-state index contributed by atoms with van der Waals surface area (Å²) in [6, 6.07) is 4.84. The summed E-state index contributed by atoms with van der Waals surface area (Å²) < 4.78 is 44.0. The predicted molar refractivity (Wildman–Crippen MR) is 83.8 cm³/mol. The quantitative estimate of drug-likeness (QED) is 0.558. The van der Waals surface area contributed by atoms with Gasteiger partial charge in [-0.1, -0.05) is 17.7 Å². The van der Waals surface area contributed by atoms with Gasteiger partial charge >= 0.3 is 6.18 Å². The highest BCUT2D eigenvalue weighted by Crippen LogP contribution is 2.32. The third-order valence-corrected chi connectivity index (χ3v) is 3.28. The second-order valence-corrected chi connectivity index (χ2v) is 5.27. The maximum Gasteiger partial charge on any atom is 0.416 e. The Bertz CT molecular complexity index is 581. The molecule has 0 bridgehead atoms. The molecule has 1 aromatic carbocycles.